The molecule has 35 heavy (non-hydrogen) atoms. The number of rotatable bonds is 5. The largest absolute Gasteiger partial charge is 0.506 e. The zero-order valence-corrected chi connectivity index (χ0v) is 18.2. The minimum absolute atomic E-state index is 0.0145. The molecule has 9 heteroatoms. The van der Waals surface area contributed by atoms with Crippen LogP contribution in [0.25, 0.3) is 27.3 Å². The van der Waals surface area contributed by atoms with Crippen molar-refractivity contribution in [2.45, 2.75) is 6.92 Å². The predicted octanol–water partition coefficient (Wildman–Crippen LogP) is 6.49. The lowest BCUT2D eigenvalue weighted by Gasteiger charge is -2.10. The molecule has 4 rings (SSSR count). The number of phenols is 1. The third kappa shape index (κ3) is 4.28. The Labute approximate surface area is 196 Å². The zero-order chi connectivity index (χ0) is 25.3. The second kappa shape index (κ2) is 9.46. The van der Waals surface area contributed by atoms with Gasteiger partial charge in [0.15, 0.2) is 23.3 Å². The lowest BCUT2D eigenvalue weighted by Crippen LogP contribution is -2.12. The summed E-state index contributed by atoms with van der Waals surface area (Å²) in [6, 6.07) is 14.4. The Hall–Kier alpha value is -4.40. The second-order valence-electron chi connectivity index (χ2n) is 7.40. The molecule has 0 spiro atoms. The number of aliphatic imine (C=N–C) groups is 1. The summed E-state index contributed by atoms with van der Waals surface area (Å²) in [6.45, 7) is 1.31. The van der Waals surface area contributed by atoms with Crippen LogP contribution in [0, 0.1) is 23.3 Å². The molecular weight excluding hydrogens is 466 g/mol. The average Bonchev–Trinajstić information content (AvgIpc) is 2.86. The highest BCUT2D eigenvalue weighted by Crippen LogP contribution is 2.38. The van der Waals surface area contributed by atoms with E-state index >= 15 is 0 Å². The molecule has 0 saturated carbocycles. The smallest absolute Gasteiger partial charge is 0.343 e. The van der Waals surface area contributed by atoms with Crippen LogP contribution in [0.5, 0.6) is 5.75 Å². The molecular formula is C26H17F4NO4. The number of fused-ring (bicyclic) bond motifs is 3. The van der Waals surface area contributed by atoms with Crippen molar-refractivity contribution in [1.29, 1.82) is 0 Å². The third-order valence-electron chi connectivity index (χ3n) is 5.32. The fourth-order valence-corrected chi connectivity index (χ4v) is 3.61. The fraction of sp³-hybridized carbons (Fsp3) is 0.0769. The molecule has 0 atom stereocenters. The van der Waals surface area contributed by atoms with E-state index in [1.807, 2.05) is 24.3 Å². The number of aliphatic hydroxyl groups is 1. The molecule has 0 fully saturated rings. The van der Waals surface area contributed by atoms with E-state index < -0.39 is 46.1 Å². The molecule has 0 unspecified atom stereocenters. The number of nitrogens with zero attached hydrogens (tertiary/aromatic N) is 1. The highest BCUT2D eigenvalue weighted by molar-refractivity contribution is 6.16. The molecule has 0 amide bonds. The van der Waals surface area contributed by atoms with Crippen molar-refractivity contribution in [3.05, 3.63) is 89.0 Å². The molecule has 0 aliphatic heterocycles. The van der Waals surface area contributed by atoms with Crippen LogP contribution in [0.3, 0.4) is 0 Å². The van der Waals surface area contributed by atoms with Crippen molar-refractivity contribution in [3.63, 3.8) is 0 Å². The number of aliphatic hydroxyl groups excluding tert-OH is 1. The number of esters is 1. The highest BCUT2D eigenvalue weighted by Gasteiger charge is 2.25. The first-order valence-electron chi connectivity index (χ1n) is 10.4. The van der Waals surface area contributed by atoms with Gasteiger partial charge in [0.25, 0.3) is 0 Å². The van der Waals surface area contributed by atoms with E-state index in [0.717, 1.165) is 22.4 Å². The summed E-state index contributed by atoms with van der Waals surface area (Å²) in [6.07, 6.45) is 0.758. The van der Waals surface area contributed by atoms with Crippen LogP contribution in [0.15, 0.2) is 65.2 Å². The van der Waals surface area contributed by atoms with Gasteiger partial charge in [-0.25, -0.2) is 22.4 Å². The minimum atomic E-state index is -2.16. The Kier molecular flexibility index (Phi) is 6.42. The molecule has 0 aromatic heterocycles. The van der Waals surface area contributed by atoms with E-state index in [-0.39, 0.29) is 24.1 Å². The number of carbonyl (C=O) groups is 1. The topological polar surface area (TPSA) is 79.1 Å². The van der Waals surface area contributed by atoms with E-state index in [2.05, 4.69) is 4.99 Å². The van der Waals surface area contributed by atoms with Gasteiger partial charge in [-0.05, 0) is 41.3 Å². The standard InChI is InChI=1S/C26H17F4NO4/c1-2-35-26(34)18(24(32)17-11-19(27)22(29)23(30)21(17)28)12-31-20-10-9-15-14-6-4-3-5-13(14)7-8-16(15)25(20)33/h3-12,32-33H,2H2,1H3/b24-18-,31-12?. The van der Waals surface area contributed by atoms with Crippen molar-refractivity contribution >= 4 is 45.2 Å². The molecule has 0 bridgehead atoms. The SMILES string of the molecule is CCOC(=O)/C(C=Nc1ccc2c(ccc3ccccc32)c1O)=C(\O)c1cc(F)c(F)c(F)c1F. The van der Waals surface area contributed by atoms with Crippen molar-refractivity contribution in [3.8, 4) is 5.75 Å². The Morgan fingerprint density at radius 1 is 0.943 bits per heavy atom. The number of hydrogen-bond donors (Lipinski definition) is 2. The van der Waals surface area contributed by atoms with E-state index in [4.69, 9.17) is 4.74 Å². The monoisotopic (exact) mass is 483 g/mol. The minimum Gasteiger partial charge on any atom is -0.506 e. The van der Waals surface area contributed by atoms with Gasteiger partial charge >= 0.3 is 5.97 Å². The zero-order valence-electron chi connectivity index (χ0n) is 18.2. The average molecular weight is 483 g/mol. The van der Waals surface area contributed by atoms with Crippen molar-refractivity contribution in [2.24, 2.45) is 4.99 Å². The lowest BCUT2D eigenvalue weighted by molar-refractivity contribution is -0.137. The molecule has 4 aromatic carbocycles. The van der Waals surface area contributed by atoms with Gasteiger partial charge in [-0.2, -0.15) is 0 Å². The maximum Gasteiger partial charge on any atom is 0.343 e. The van der Waals surface area contributed by atoms with Crippen molar-refractivity contribution in [1.82, 2.24) is 0 Å². The molecule has 0 aliphatic rings. The molecule has 0 heterocycles. The Morgan fingerprint density at radius 2 is 1.66 bits per heavy atom. The number of phenolic OH excluding ortho intramolecular Hbond substituents is 1. The first kappa shape index (κ1) is 23.7. The van der Waals surface area contributed by atoms with Gasteiger partial charge in [0.05, 0.1) is 12.2 Å². The van der Waals surface area contributed by atoms with Gasteiger partial charge in [-0.3, -0.25) is 4.99 Å². The Morgan fingerprint density at radius 3 is 2.40 bits per heavy atom. The Balaban J connectivity index is 1.85. The number of hydrogen-bond acceptors (Lipinski definition) is 5. The molecule has 4 aromatic rings. The number of ether oxygens (including phenoxy) is 1. The molecule has 2 N–H and O–H groups in total. The Bertz CT molecular complexity index is 1550. The normalized spacial score (nSPS) is 12.4. The van der Waals surface area contributed by atoms with E-state index in [9.17, 15) is 32.6 Å². The summed E-state index contributed by atoms with van der Waals surface area (Å²) >= 11 is 0. The van der Waals surface area contributed by atoms with Gasteiger partial charge in [0.1, 0.15) is 22.8 Å². The summed E-state index contributed by atoms with van der Waals surface area (Å²) in [5.74, 6) is -10.6. The first-order valence-corrected chi connectivity index (χ1v) is 10.4. The highest BCUT2D eigenvalue weighted by atomic mass is 19.2. The van der Waals surface area contributed by atoms with E-state index in [1.54, 1.807) is 18.2 Å². The molecule has 178 valence electrons. The third-order valence-corrected chi connectivity index (χ3v) is 5.32. The van der Waals surface area contributed by atoms with Gasteiger partial charge < -0.3 is 14.9 Å². The summed E-state index contributed by atoms with van der Waals surface area (Å²) in [7, 11) is 0. The first-order chi connectivity index (χ1) is 16.7. The van der Waals surface area contributed by atoms with Gasteiger partial charge in [-0.15, -0.1) is 0 Å². The van der Waals surface area contributed by atoms with Crippen LogP contribution in [0.4, 0.5) is 23.2 Å². The maximum absolute atomic E-state index is 14.2. The van der Waals surface area contributed by atoms with Gasteiger partial charge in [-0.1, -0.05) is 36.4 Å². The number of aromatic hydroxyl groups is 1. The van der Waals surface area contributed by atoms with Crippen molar-refractivity contribution < 1.29 is 37.3 Å². The summed E-state index contributed by atoms with van der Waals surface area (Å²) < 4.78 is 59.7. The summed E-state index contributed by atoms with van der Waals surface area (Å²) in [5, 5.41) is 24.3. The van der Waals surface area contributed by atoms with E-state index in [1.165, 1.54) is 13.0 Å². The van der Waals surface area contributed by atoms with Crippen LogP contribution in [0.1, 0.15) is 12.5 Å². The molecule has 0 saturated heterocycles. The quantitative estimate of drug-likeness (QED) is 0.0497. The maximum atomic E-state index is 14.2. The van der Waals surface area contributed by atoms with Crippen LogP contribution < -0.4 is 0 Å². The van der Waals surface area contributed by atoms with Gasteiger partial charge in [0.2, 0.25) is 0 Å². The lowest BCUT2D eigenvalue weighted by atomic mass is 10.0. The summed E-state index contributed by atoms with van der Waals surface area (Å²) in [5.41, 5.74) is -1.89. The fourth-order valence-electron chi connectivity index (χ4n) is 3.61. The van der Waals surface area contributed by atoms with Crippen molar-refractivity contribution in [2.75, 3.05) is 6.61 Å². The van der Waals surface area contributed by atoms with E-state index in [0.29, 0.717) is 5.39 Å². The number of halogens is 4. The second-order valence-corrected chi connectivity index (χ2v) is 7.40. The molecule has 5 nitrogen and oxygen atoms in total. The van der Waals surface area contributed by atoms with Crippen LogP contribution in [-0.4, -0.2) is 29.0 Å². The summed E-state index contributed by atoms with van der Waals surface area (Å²) in [4.78, 5) is 16.4. The van der Waals surface area contributed by atoms with Crippen LogP contribution >= 0.6 is 0 Å². The van der Waals surface area contributed by atoms with Crippen LogP contribution in [0.2, 0.25) is 0 Å². The molecule has 0 aliphatic carbocycles. The number of carbonyl (C=O) groups excluding carboxylic acids is 1. The predicted molar refractivity (Wildman–Crippen MR) is 124 cm³/mol. The molecule has 0 radical (unpaired) electrons. The number of benzene rings is 4. The van der Waals surface area contributed by atoms with Gasteiger partial charge in [0, 0.05) is 11.6 Å². The van der Waals surface area contributed by atoms with Crippen LogP contribution in [-0.2, 0) is 9.53 Å².